The highest BCUT2D eigenvalue weighted by atomic mass is 16.6. The zero-order chi connectivity index (χ0) is 17.7. The number of amides is 1. The molecular weight excluding hydrogens is 318 g/mol. The first-order valence-corrected chi connectivity index (χ1v) is 6.83. The quantitative estimate of drug-likeness (QED) is 0.290. The molecule has 9 nitrogen and oxygen atoms in total. The van der Waals surface area contributed by atoms with Gasteiger partial charge in [-0.05, 0) is 19.1 Å². The number of anilines is 1. The number of nitro benzene ring substituents is 1. The van der Waals surface area contributed by atoms with Crippen molar-refractivity contribution in [2.45, 2.75) is 13.0 Å². The highest BCUT2D eigenvalue weighted by Crippen LogP contribution is 2.23. The van der Waals surface area contributed by atoms with Gasteiger partial charge >= 0.3 is 11.7 Å². The van der Waals surface area contributed by atoms with E-state index in [1.165, 1.54) is 49.4 Å². The van der Waals surface area contributed by atoms with Gasteiger partial charge in [0.05, 0.1) is 4.92 Å². The fourth-order valence-electron chi connectivity index (χ4n) is 1.83. The molecule has 9 heteroatoms. The first-order valence-electron chi connectivity index (χ1n) is 6.83. The number of esters is 1. The van der Waals surface area contributed by atoms with Crippen molar-refractivity contribution in [1.29, 1.82) is 0 Å². The summed E-state index contributed by atoms with van der Waals surface area (Å²) in [4.78, 5) is 34.2. The van der Waals surface area contributed by atoms with Gasteiger partial charge in [0.1, 0.15) is 5.69 Å². The summed E-state index contributed by atoms with van der Waals surface area (Å²) in [5, 5.41) is 24.7. The Hall–Kier alpha value is -3.49. The first-order chi connectivity index (χ1) is 11.4. The molecule has 1 amide bonds. The molecule has 1 aromatic carbocycles. The van der Waals surface area contributed by atoms with E-state index in [0.717, 1.165) is 6.20 Å². The lowest BCUT2D eigenvalue weighted by atomic mass is 10.2. The van der Waals surface area contributed by atoms with Gasteiger partial charge in [0.2, 0.25) is 0 Å². The van der Waals surface area contributed by atoms with Crippen molar-refractivity contribution >= 4 is 23.3 Å². The number of nitrogens with one attached hydrogen (secondary N) is 1. The summed E-state index contributed by atoms with van der Waals surface area (Å²) >= 11 is 0. The van der Waals surface area contributed by atoms with Crippen LogP contribution in [0.3, 0.4) is 0 Å². The molecule has 0 unspecified atom stereocenters. The smallest absolute Gasteiger partial charge is 0.405 e. The Kier molecular flexibility index (Phi) is 5.05. The Morgan fingerprint density at radius 2 is 1.88 bits per heavy atom. The van der Waals surface area contributed by atoms with Crippen molar-refractivity contribution in [1.82, 2.24) is 0 Å². The molecule has 0 fully saturated rings. The van der Waals surface area contributed by atoms with Gasteiger partial charge in [0, 0.05) is 18.2 Å². The van der Waals surface area contributed by atoms with E-state index >= 15 is 0 Å². The average Bonchev–Trinajstić information content (AvgIpc) is 2.55. The van der Waals surface area contributed by atoms with Crippen LogP contribution in [0.15, 0.2) is 48.7 Å². The summed E-state index contributed by atoms with van der Waals surface area (Å²) in [5.41, 5.74) is -0.582. The molecule has 1 N–H and O–H groups in total. The summed E-state index contributed by atoms with van der Waals surface area (Å²) in [7, 11) is 0. The monoisotopic (exact) mass is 331 g/mol. The number of pyridine rings is 1. The summed E-state index contributed by atoms with van der Waals surface area (Å²) in [6.07, 6.45) is -0.133. The van der Waals surface area contributed by atoms with Crippen LogP contribution < -0.4 is 10.0 Å². The molecule has 0 saturated heterocycles. The Bertz CT molecular complexity index is 792. The predicted molar refractivity (Wildman–Crippen MR) is 82.0 cm³/mol. The molecule has 0 spiro atoms. The maximum absolute atomic E-state index is 12.0. The average molecular weight is 331 g/mol. The minimum atomic E-state index is -1.25. The van der Waals surface area contributed by atoms with Gasteiger partial charge in [0.15, 0.2) is 12.3 Å². The minimum absolute atomic E-state index is 0.0194. The molecule has 24 heavy (non-hydrogen) atoms. The molecule has 0 aliphatic carbocycles. The highest BCUT2D eigenvalue weighted by Gasteiger charge is 2.25. The van der Waals surface area contributed by atoms with E-state index in [2.05, 4.69) is 5.32 Å². The Morgan fingerprint density at radius 3 is 2.54 bits per heavy atom. The number of benzene rings is 1. The van der Waals surface area contributed by atoms with Crippen molar-refractivity contribution in [3.05, 3.63) is 69.7 Å². The third-order valence-corrected chi connectivity index (χ3v) is 3.04. The first kappa shape index (κ1) is 16.9. The fraction of sp³-hybridized carbons (Fsp3) is 0.133. The number of nitrogens with zero attached hydrogens (tertiary/aromatic N) is 2. The lowest BCUT2D eigenvalue weighted by molar-refractivity contribution is -0.608. The third kappa shape index (κ3) is 3.83. The molecule has 1 atom stereocenters. The largest absolute Gasteiger partial charge is 0.618 e. The van der Waals surface area contributed by atoms with E-state index in [1.807, 2.05) is 0 Å². The van der Waals surface area contributed by atoms with E-state index in [0.29, 0.717) is 4.73 Å². The molecule has 0 aliphatic rings. The number of hydrogen-bond donors (Lipinski definition) is 1. The number of carbonyl (C=O) groups excluding carboxylic acids is 2. The van der Waals surface area contributed by atoms with Crippen LogP contribution in [-0.4, -0.2) is 22.9 Å². The van der Waals surface area contributed by atoms with Crippen molar-refractivity contribution in [3.63, 3.8) is 0 Å². The van der Waals surface area contributed by atoms with Crippen LogP contribution >= 0.6 is 0 Å². The van der Waals surface area contributed by atoms with E-state index < -0.39 is 22.9 Å². The summed E-state index contributed by atoms with van der Waals surface area (Å²) < 4.78 is 5.22. The molecule has 0 radical (unpaired) electrons. The van der Waals surface area contributed by atoms with E-state index in [4.69, 9.17) is 4.74 Å². The lowest BCUT2D eigenvalue weighted by Gasteiger charge is -2.13. The third-order valence-electron chi connectivity index (χ3n) is 3.04. The number of hydrogen-bond acceptors (Lipinski definition) is 6. The number of para-hydroxylation sites is 2. The fourth-order valence-corrected chi connectivity index (χ4v) is 1.83. The van der Waals surface area contributed by atoms with E-state index in [-0.39, 0.29) is 17.1 Å². The van der Waals surface area contributed by atoms with Crippen LogP contribution in [0.25, 0.3) is 0 Å². The molecule has 2 aromatic rings. The Labute approximate surface area is 136 Å². The molecular formula is C15H13N3O6. The summed E-state index contributed by atoms with van der Waals surface area (Å²) in [6, 6.07) is 9.73. The van der Waals surface area contributed by atoms with Crippen LogP contribution in [0.4, 0.5) is 11.4 Å². The second-order valence-electron chi connectivity index (χ2n) is 4.72. The molecule has 0 saturated carbocycles. The number of carbonyl (C=O) groups is 2. The number of rotatable bonds is 5. The normalized spacial score (nSPS) is 11.4. The molecule has 0 aliphatic heterocycles. The summed E-state index contributed by atoms with van der Waals surface area (Å²) in [5.74, 6) is -1.73. The van der Waals surface area contributed by atoms with Crippen molar-refractivity contribution in [3.8, 4) is 0 Å². The maximum atomic E-state index is 12.0. The zero-order valence-corrected chi connectivity index (χ0v) is 12.5. The van der Waals surface area contributed by atoms with E-state index in [1.54, 1.807) is 0 Å². The SMILES string of the molecule is C[C@H](OC(=O)c1cccc[n+]1[O-])C(=O)Nc1ccccc1[N+](=O)[O-]. The van der Waals surface area contributed by atoms with Gasteiger partial charge in [-0.25, -0.2) is 4.79 Å². The predicted octanol–water partition coefficient (Wildman–Crippen LogP) is 1.41. The molecule has 1 aromatic heterocycles. The van der Waals surface area contributed by atoms with Gasteiger partial charge in [0.25, 0.3) is 11.6 Å². The van der Waals surface area contributed by atoms with Gasteiger partial charge < -0.3 is 15.3 Å². The van der Waals surface area contributed by atoms with E-state index in [9.17, 15) is 24.9 Å². The van der Waals surface area contributed by atoms with Crippen molar-refractivity contribution < 1.29 is 24.0 Å². The molecule has 0 bridgehead atoms. The van der Waals surface area contributed by atoms with Gasteiger partial charge in [-0.3, -0.25) is 14.9 Å². The van der Waals surface area contributed by atoms with Gasteiger partial charge in [-0.2, -0.15) is 4.73 Å². The number of ether oxygens (including phenoxy) is 1. The van der Waals surface area contributed by atoms with Gasteiger partial charge in [-0.15, -0.1) is 0 Å². The maximum Gasteiger partial charge on any atom is 0.405 e. The van der Waals surface area contributed by atoms with Crippen molar-refractivity contribution in [2.24, 2.45) is 0 Å². The molecule has 124 valence electrons. The molecule has 1 heterocycles. The Balaban J connectivity index is 2.07. The van der Waals surface area contributed by atoms with Crippen LogP contribution in [0.1, 0.15) is 17.4 Å². The second-order valence-corrected chi connectivity index (χ2v) is 4.72. The number of aromatic nitrogens is 1. The van der Waals surface area contributed by atoms with Crippen LogP contribution in [-0.2, 0) is 9.53 Å². The zero-order valence-electron chi connectivity index (χ0n) is 12.5. The molecule has 2 rings (SSSR count). The Morgan fingerprint density at radius 1 is 1.21 bits per heavy atom. The highest BCUT2D eigenvalue weighted by molar-refractivity contribution is 5.97. The summed E-state index contributed by atoms with van der Waals surface area (Å²) in [6.45, 7) is 1.29. The van der Waals surface area contributed by atoms with Crippen molar-refractivity contribution in [2.75, 3.05) is 5.32 Å². The second kappa shape index (κ2) is 7.18. The lowest BCUT2D eigenvalue weighted by Crippen LogP contribution is -2.37. The van der Waals surface area contributed by atoms with Crippen LogP contribution in [0, 0.1) is 15.3 Å². The standard InChI is InChI=1S/C15H13N3O6/c1-10(24-15(20)13-8-4-5-9-17(13)21)14(19)16-11-6-2-3-7-12(11)18(22)23/h2-10H,1H3,(H,16,19)/t10-/m0/s1. The van der Waals surface area contributed by atoms with Gasteiger partial charge in [-0.1, -0.05) is 12.1 Å². The topological polar surface area (TPSA) is 125 Å². The van der Waals surface area contributed by atoms with Crippen LogP contribution in [0.2, 0.25) is 0 Å². The van der Waals surface area contributed by atoms with Crippen LogP contribution in [0.5, 0.6) is 0 Å². The minimum Gasteiger partial charge on any atom is -0.618 e. The number of nitro groups is 1.